The van der Waals surface area contributed by atoms with Gasteiger partial charge in [0, 0.05) is 57.0 Å². The van der Waals surface area contributed by atoms with Crippen molar-refractivity contribution in [2.45, 2.75) is 38.3 Å². The Morgan fingerprint density at radius 1 is 1.25 bits per heavy atom. The lowest BCUT2D eigenvalue weighted by atomic mass is 10.0. The molecule has 8 heteroatoms. The van der Waals surface area contributed by atoms with Crippen LogP contribution in [0.4, 0.5) is 0 Å². The van der Waals surface area contributed by atoms with Gasteiger partial charge in [0.1, 0.15) is 0 Å². The minimum Gasteiger partial charge on any atom is -0.381 e. The predicted octanol–water partition coefficient (Wildman–Crippen LogP) is 1.24. The van der Waals surface area contributed by atoms with Gasteiger partial charge in [-0.1, -0.05) is 17.7 Å². The Balaban J connectivity index is 1.60. The molecule has 1 atom stereocenters. The molecule has 2 aliphatic rings. The first-order valence-corrected chi connectivity index (χ1v) is 11.8. The van der Waals surface area contributed by atoms with Crippen molar-refractivity contribution in [1.29, 1.82) is 0 Å². The van der Waals surface area contributed by atoms with Crippen LogP contribution in [0.3, 0.4) is 0 Å². The van der Waals surface area contributed by atoms with E-state index in [2.05, 4.69) is 10.2 Å². The van der Waals surface area contributed by atoms with Gasteiger partial charge in [-0.2, -0.15) is 0 Å². The van der Waals surface area contributed by atoms with Crippen LogP contribution in [0, 0.1) is 6.92 Å². The van der Waals surface area contributed by atoms with Crippen LogP contribution in [-0.4, -0.2) is 81.3 Å². The quantitative estimate of drug-likeness (QED) is 0.733. The summed E-state index contributed by atoms with van der Waals surface area (Å²) in [6, 6.07) is 8.11. The van der Waals surface area contributed by atoms with Gasteiger partial charge in [0.25, 0.3) is 5.91 Å². The van der Waals surface area contributed by atoms with Gasteiger partial charge >= 0.3 is 0 Å². The zero-order valence-corrected chi connectivity index (χ0v) is 17.6. The molecule has 2 saturated heterocycles. The Morgan fingerprint density at radius 3 is 2.64 bits per heavy atom. The molecule has 156 valence electrons. The van der Waals surface area contributed by atoms with E-state index in [0.29, 0.717) is 37.8 Å². The molecule has 1 unspecified atom stereocenters. The van der Waals surface area contributed by atoms with Gasteiger partial charge in [-0.3, -0.25) is 9.69 Å². The molecule has 0 radical (unpaired) electrons. The zero-order valence-electron chi connectivity index (χ0n) is 16.8. The van der Waals surface area contributed by atoms with Gasteiger partial charge in [-0.05, 0) is 38.3 Å². The third kappa shape index (κ3) is 5.53. The molecule has 1 N–H and O–H groups in total. The van der Waals surface area contributed by atoms with Crippen molar-refractivity contribution in [3.8, 4) is 0 Å². The Bertz CT molecular complexity index is 777. The zero-order chi connectivity index (χ0) is 20.1. The summed E-state index contributed by atoms with van der Waals surface area (Å²) in [6.45, 7) is 5.79. The number of hydrogen-bond acceptors (Lipinski definition) is 5. The maximum absolute atomic E-state index is 12.4. The second-order valence-electron chi connectivity index (χ2n) is 7.77. The minimum atomic E-state index is -3.16. The van der Waals surface area contributed by atoms with E-state index in [0.717, 1.165) is 38.0 Å². The lowest BCUT2D eigenvalue weighted by Gasteiger charge is -2.38. The van der Waals surface area contributed by atoms with Crippen LogP contribution < -0.4 is 5.32 Å². The maximum Gasteiger partial charge on any atom is 0.251 e. The number of aryl methyl sites for hydroxylation is 1. The average Bonchev–Trinajstić information content (AvgIpc) is 3.16. The third-order valence-corrected chi connectivity index (χ3v) is 6.93. The molecule has 1 aromatic rings. The molecule has 2 aliphatic heterocycles. The molecular formula is C20H31N3O4S. The van der Waals surface area contributed by atoms with Gasteiger partial charge in [0.05, 0.1) is 6.26 Å². The van der Waals surface area contributed by atoms with Crippen LogP contribution in [0.2, 0.25) is 0 Å². The summed E-state index contributed by atoms with van der Waals surface area (Å²) in [5, 5.41) is 3.02. The molecular weight excluding hydrogens is 378 g/mol. The summed E-state index contributed by atoms with van der Waals surface area (Å²) in [6.07, 6.45) is 3.99. The SMILES string of the molecule is Cc1cccc(C(=O)NCCN(C2CCOCC2)C2CCN(S(C)(=O)=O)C2)c1. The number of hydrogen-bond donors (Lipinski definition) is 1. The minimum absolute atomic E-state index is 0.0696. The highest BCUT2D eigenvalue weighted by Crippen LogP contribution is 2.24. The second kappa shape index (κ2) is 9.35. The van der Waals surface area contributed by atoms with E-state index >= 15 is 0 Å². The molecule has 3 rings (SSSR count). The Morgan fingerprint density at radius 2 is 2.00 bits per heavy atom. The van der Waals surface area contributed by atoms with Crippen LogP contribution in [0.25, 0.3) is 0 Å². The maximum atomic E-state index is 12.4. The van der Waals surface area contributed by atoms with Crippen molar-refractivity contribution >= 4 is 15.9 Å². The number of ether oxygens (including phenoxy) is 1. The average molecular weight is 410 g/mol. The molecule has 28 heavy (non-hydrogen) atoms. The molecule has 2 heterocycles. The summed E-state index contributed by atoms with van der Waals surface area (Å²) in [5.41, 5.74) is 1.73. The van der Waals surface area contributed by atoms with Crippen LogP contribution >= 0.6 is 0 Å². The number of benzene rings is 1. The Kier molecular flexibility index (Phi) is 7.09. The third-order valence-electron chi connectivity index (χ3n) is 5.66. The van der Waals surface area contributed by atoms with Crippen molar-refractivity contribution in [2.24, 2.45) is 0 Å². The molecule has 1 aromatic carbocycles. The highest BCUT2D eigenvalue weighted by atomic mass is 32.2. The molecule has 0 aliphatic carbocycles. The van der Waals surface area contributed by atoms with Gasteiger partial charge in [0.15, 0.2) is 0 Å². The highest BCUT2D eigenvalue weighted by molar-refractivity contribution is 7.88. The van der Waals surface area contributed by atoms with Crippen molar-refractivity contribution in [3.05, 3.63) is 35.4 Å². The summed E-state index contributed by atoms with van der Waals surface area (Å²) < 4.78 is 30.9. The lowest BCUT2D eigenvalue weighted by Crippen LogP contribution is -2.50. The predicted molar refractivity (Wildman–Crippen MR) is 109 cm³/mol. The standard InChI is InChI=1S/C20H31N3O4S/c1-16-4-3-5-17(14-16)20(24)21-9-11-23(18-7-12-27-13-8-18)19-6-10-22(15-19)28(2,25)26/h3-5,14,18-19H,6-13,15H2,1-2H3,(H,21,24). The monoisotopic (exact) mass is 409 g/mol. The van der Waals surface area contributed by atoms with E-state index in [-0.39, 0.29) is 11.9 Å². The first-order valence-electron chi connectivity index (χ1n) is 9.98. The normalized spacial score (nSPS) is 21.9. The van der Waals surface area contributed by atoms with Crippen LogP contribution in [-0.2, 0) is 14.8 Å². The molecule has 1 amide bonds. The molecule has 0 saturated carbocycles. The van der Waals surface area contributed by atoms with E-state index in [1.807, 2.05) is 31.2 Å². The number of rotatable bonds is 7. The second-order valence-corrected chi connectivity index (χ2v) is 9.75. The van der Waals surface area contributed by atoms with Crippen LogP contribution in [0.1, 0.15) is 35.2 Å². The van der Waals surface area contributed by atoms with E-state index in [1.54, 1.807) is 4.31 Å². The molecule has 2 fully saturated rings. The first kappa shape index (κ1) is 21.2. The fourth-order valence-electron chi connectivity index (χ4n) is 4.15. The van der Waals surface area contributed by atoms with E-state index in [1.165, 1.54) is 6.26 Å². The summed E-state index contributed by atoms with van der Waals surface area (Å²) in [7, 11) is -3.16. The number of amides is 1. The Hall–Kier alpha value is -1.48. The number of nitrogens with one attached hydrogen (secondary N) is 1. The van der Waals surface area contributed by atoms with E-state index in [4.69, 9.17) is 4.74 Å². The lowest BCUT2D eigenvalue weighted by molar-refractivity contribution is 0.0194. The Labute approximate surface area is 168 Å². The molecule has 7 nitrogen and oxygen atoms in total. The fraction of sp³-hybridized carbons (Fsp3) is 0.650. The van der Waals surface area contributed by atoms with Crippen molar-refractivity contribution in [3.63, 3.8) is 0 Å². The smallest absolute Gasteiger partial charge is 0.251 e. The van der Waals surface area contributed by atoms with Gasteiger partial charge in [-0.15, -0.1) is 0 Å². The first-order chi connectivity index (χ1) is 13.3. The van der Waals surface area contributed by atoms with E-state index < -0.39 is 10.0 Å². The number of carbonyl (C=O) groups excluding carboxylic acids is 1. The van der Waals surface area contributed by atoms with Crippen LogP contribution in [0.15, 0.2) is 24.3 Å². The molecule has 0 spiro atoms. The van der Waals surface area contributed by atoms with Crippen molar-refractivity contribution < 1.29 is 17.9 Å². The van der Waals surface area contributed by atoms with Gasteiger partial charge in [0.2, 0.25) is 10.0 Å². The van der Waals surface area contributed by atoms with E-state index in [9.17, 15) is 13.2 Å². The van der Waals surface area contributed by atoms with Crippen LogP contribution in [0.5, 0.6) is 0 Å². The summed E-state index contributed by atoms with van der Waals surface area (Å²) >= 11 is 0. The number of nitrogens with zero attached hydrogens (tertiary/aromatic N) is 2. The topological polar surface area (TPSA) is 79.0 Å². The molecule has 0 bridgehead atoms. The summed E-state index contributed by atoms with van der Waals surface area (Å²) in [5.74, 6) is -0.0696. The van der Waals surface area contributed by atoms with Gasteiger partial charge < -0.3 is 10.1 Å². The largest absolute Gasteiger partial charge is 0.381 e. The van der Waals surface area contributed by atoms with Crippen molar-refractivity contribution in [2.75, 3.05) is 45.6 Å². The van der Waals surface area contributed by atoms with Gasteiger partial charge in [-0.25, -0.2) is 12.7 Å². The summed E-state index contributed by atoms with van der Waals surface area (Å²) in [4.78, 5) is 14.8. The number of carbonyl (C=O) groups is 1. The number of sulfonamides is 1. The highest BCUT2D eigenvalue weighted by Gasteiger charge is 2.35. The van der Waals surface area contributed by atoms with Crippen molar-refractivity contribution in [1.82, 2.24) is 14.5 Å². The fourth-order valence-corrected chi connectivity index (χ4v) is 5.03. The molecule has 0 aromatic heterocycles.